The van der Waals surface area contributed by atoms with Crippen LogP contribution in [-0.2, 0) is 11.3 Å². The van der Waals surface area contributed by atoms with Crippen molar-refractivity contribution in [2.75, 3.05) is 50.1 Å². The van der Waals surface area contributed by atoms with Crippen LogP contribution >= 0.6 is 0 Å². The lowest BCUT2D eigenvalue weighted by molar-refractivity contribution is 0.0303. The first kappa shape index (κ1) is 21.8. The van der Waals surface area contributed by atoms with Crippen molar-refractivity contribution >= 4 is 29.3 Å². The highest BCUT2D eigenvalue weighted by molar-refractivity contribution is 5.96. The van der Waals surface area contributed by atoms with E-state index in [4.69, 9.17) is 4.74 Å². The Bertz CT molecular complexity index is 1020. The molecule has 33 heavy (non-hydrogen) atoms. The summed E-state index contributed by atoms with van der Waals surface area (Å²) in [5.41, 5.74) is 3.02. The molecule has 1 saturated heterocycles. The third kappa shape index (κ3) is 4.55. The van der Waals surface area contributed by atoms with Crippen LogP contribution in [0.3, 0.4) is 0 Å². The highest BCUT2D eigenvalue weighted by Gasteiger charge is 2.27. The van der Waals surface area contributed by atoms with Gasteiger partial charge < -0.3 is 19.9 Å². The number of fused-ring (bicyclic) bond motifs is 1. The predicted molar refractivity (Wildman–Crippen MR) is 126 cm³/mol. The summed E-state index contributed by atoms with van der Waals surface area (Å²) >= 11 is 0. The number of nitrogens with one attached hydrogen (secondary N) is 2. The molecule has 2 aliphatic heterocycles. The number of ether oxygens (including phenoxy) is 1. The average molecular weight is 453 g/mol. The lowest BCUT2D eigenvalue weighted by atomic mass is 9.83. The Morgan fingerprint density at radius 1 is 1.00 bits per heavy atom. The van der Waals surface area contributed by atoms with E-state index in [1.54, 1.807) is 7.05 Å². The first-order chi connectivity index (χ1) is 16.1. The van der Waals surface area contributed by atoms with Crippen molar-refractivity contribution in [1.29, 1.82) is 0 Å². The first-order valence-corrected chi connectivity index (χ1v) is 12.0. The Kier molecular flexibility index (Phi) is 6.22. The number of urea groups is 1. The molecule has 0 spiro atoms. The van der Waals surface area contributed by atoms with Gasteiger partial charge in [0, 0.05) is 44.0 Å². The van der Waals surface area contributed by atoms with Gasteiger partial charge in [-0.2, -0.15) is 5.10 Å². The van der Waals surface area contributed by atoms with Gasteiger partial charge in [0.15, 0.2) is 5.82 Å². The molecule has 1 saturated carbocycles. The lowest BCUT2D eigenvalue weighted by Gasteiger charge is -2.29. The van der Waals surface area contributed by atoms with E-state index >= 15 is 0 Å². The molecule has 3 heterocycles. The summed E-state index contributed by atoms with van der Waals surface area (Å²) in [6.07, 6.45) is 6.13. The van der Waals surface area contributed by atoms with Crippen molar-refractivity contribution in [2.24, 2.45) is 0 Å². The fourth-order valence-electron chi connectivity index (χ4n) is 5.13. The summed E-state index contributed by atoms with van der Waals surface area (Å²) < 4.78 is 7.35. The molecule has 1 aromatic carbocycles. The van der Waals surface area contributed by atoms with E-state index in [1.165, 1.54) is 37.7 Å². The van der Waals surface area contributed by atoms with Gasteiger partial charge >= 0.3 is 6.03 Å². The van der Waals surface area contributed by atoms with Crippen molar-refractivity contribution in [3.63, 3.8) is 0 Å². The molecule has 2 fully saturated rings. The molecule has 176 valence electrons. The van der Waals surface area contributed by atoms with E-state index in [-0.39, 0.29) is 11.9 Å². The van der Waals surface area contributed by atoms with Crippen LogP contribution in [0.1, 0.15) is 53.9 Å². The summed E-state index contributed by atoms with van der Waals surface area (Å²) in [6.45, 7) is 3.95. The number of carbonyl (C=O) groups is 2. The number of amides is 3. The molecule has 9 nitrogen and oxygen atoms in total. The smallest absolute Gasteiger partial charge is 0.320 e. The maximum atomic E-state index is 13.4. The van der Waals surface area contributed by atoms with Gasteiger partial charge in [0.1, 0.15) is 5.82 Å². The minimum Gasteiger partial charge on any atom is -0.378 e. The second-order valence-corrected chi connectivity index (χ2v) is 9.02. The molecule has 1 aromatic heterocycles. The molecular weight excluding hydrogens is 420 g/mol. The minimum atomic E-state index is -0.295. The van der Waals surface area contributed by atoms with Gasteiger partial charge in [0.25, 0.3) is 5.91 Å². The Morgan fingerprint density at radius 2 is 1.79 bits per heavy atom. The highest BCUT2D eigenvalue weighted by atomic mass is 16.5. The third-order valence-corrected chi connectivity index (χ3v) is 6.91. The van der Waals surface area contributed by atoms with Crippen molar-refractivity contribution in [1.82, 2.24) is 20.0 Å². The van der Waals surface area contributed by atoms with Crippen molar-refractivity contribution in [3.05, 3.63) is 35.4 Å². The lowest BCUT2D eigenvalue weighted by Crippen LogP contribution is -2.40. The number of carbonyl (C=O) groups excluding carboxylic acids is 2. The van der Waals surface area contributed by atoms with Gasteiger partial charge in [0.05, 0.1) is 19.8 Å². The third-order valence-electron chi connectivity index (χ3n) is 6.91. The molecule has 9 heteroatoms. The summed E-state index contributed by atoms with van der Waals surface area (Å²) in [5.74, 6) is 2.01. The minimum absolute atomic E-state index is 0.0758. The van der Waals surface area contributed by atoms with E-state index in [2.05, 4.69) is 32.8 Å². The number of benzene rings is 1. The van der Waals surface area contributed by atoms with Gasteiger partial charge in [-0.3, -0.25) is 10.1 Å². The van der Waals surface area contributed by atoms with Crippen LogP contribution in [0, 0.1) is 0 Å². The number of hydrogen-bond acceptors (Lipinski definition) is 5. The van der Waals surface area contributed by atoms with Crippen LogP contribution in [0.4, 0.5) is 22.1 Å². The fourth-order valence-corrected chi connectivity index (χ4v) is 5.13. The Balaban J connectivity index is 1.48. The standard InChI is InChI=1S/C24H32N6O3/c1-25-24(32)26-21-16-22-29(7-8-30(22)27-21)20-14-18(17-5-3-2-4-6-17)13-19(15-20)23(31)28-9-11-33-12-10-28/h13-17H,2-12H2,1H3,(H2,25,26,27,32). The number of anilines is 3. The van der Waals surface area contributed by atoms with Crippen LogP contribution in [0.2, 0.25) is 0 Å². The maximum Gasteiger partial charge on any atom is 0.320 e. The molecule has 5 rings (SSSR count). The van der Waals surface area contributed by atoms with Crippen molar-refractivity contribution in [2.45, 2.75) is 44.6 Å². The molecular formula is C24H32N6O3. The second-order valence-electron chi connectivity index (χ2n) is 9.02. The molecule has 3 amide bonds. The second kappa shape index (κ2) is 9.43. The van der Waals surface area contributed by atoms with Crippen LogP contribution in [0.25, 0.3) is 0 Å². The zero-order chi connectivity index (χ0) is 22.8. The quantitative estimate of drug-likeness (QED) is 0.743. The van der Waals surface area contributed by atoms with E-state index in [9.17, 15) is 9.59 Å². The van der Waals surface area contributed by atoms with Gasteiger partial charge in [-0.1, -0.05) is 19.3 Å². The monoisotopic (exact) mass is 452 g/mol. The molecule has 2 aromatic rings. The fraction of sp³-hybridized carbons (Fsp3) is 0.542. The molecule has 0 bridgehead atoms. The number of rotatable bonds is 4. The molecule has 1 aliphatic carbocycles. The molecule has 0 unspecified atom stereocenters. The van der Waals surface area contributed by atoms with Gasteiger partial charge in [-0.25, -0.2) is 9.48 Å². The number of aromatic nitrogens is 2. The first-order valence-electron chi connectivity index (χ1n) is 12.0. The molecule has 2 N–H and O–H groups in total. The van der Waals surface area contributed by atoms with Crippen LogP contribution in [-0.4, -0.2) is 66.5 Å². The normalized spacial score (nSPS) is 18.8. The summed E-state index contributed by atoms with van der Waals surface area (Å²) in [5, 5.41) is 9.81. The Morgan fingerprint density at radius 3 is 2.55 bits per heavy atom. The van der Waals surface area contributed by atoms with E-state index in [0.717, 1.165) is 30.2 Å². The topological polar surface area (TPSA) is 91.7 Å². The van der Waals surface area contributed by atoms with E-state index < -0.39 is 0 Å². The van der Waals surface area contributed by atoms with Gasteiger partial charge in [-0.15, -0.1) is 0 Å². The largest absolute Gasteiger partial charge is 0.378 e. The Labute approximate surface area is 194 Å². The predicted octanol–water partition coefficient (Wildman–Crippen LogP) is 3.31. The maximum absolute atomic E-state index is 13.4. The van der Waals surface area contributed by atoms with Crippen molar-refractivity contribution < 1.29 is 14.3 Å². The Hall–Kier alpha value is -3.07. The van der Waals surface area contributed by atoms with Crippen LogP contribution in [0.15, 0.2) is 24.3 Å². The van der Waals surface area contributed by atoms with Crippen molar-refractivity contribution in [3.8, 4) is 0 Å². The SMILES string of the molecule is CNC(=O)Nc1cc2n(n1)CCN2c1cc(C(=O)N2CCOCC2)cc(C2CCCCC2)c1. The summed E-state index contributed by atoms with van der Waals surface area (Å²) in [4.78, 5) is 29.2. The van der Waals surface area contributed by atoms with Gasteiger partial charge in [-0.05, 0) is 42.5 Å². The average Bonchev–Trinajstić information content (AvgIpc) is 3.44. The zero-order valence-corrected chi connectivity index (χ0v) is 19.2. The molecule has 0 atom stereocenters. The number of morpholine rings is 1. The molecule has 0 radical (unpaired) electrons. The number of hydrogen-bond donors (Lipinski definition) is 2. The number of nitrogens with zero attached hydrogens (tertiary/aromatic N) is 4. The van der Waals surface area contributed by atoms with Crippen LogP contribution < -0.4 is 15.5 Å². The molecule has 3 aliphatic rings. The highest BCUT2D eigenvalue weighted by Crippen LogP contribution is 2.38. The summed E-state index contributed by atoms with van der Waals surface area (Å²) in [7, 11) is 1.58. The van der Waals surface area contributed by atoms with Crippen LogP contribution in [0.5, 0.6) is 0 Å². The van der Waals surface area contributed by atoms with E-state index in [0.29, 0.717) is 38.0 Å². The van der Waals surface area contributed by atoms with Gasteiger partial charge in [0.2, 0.25) is 0 Å². The summed E-state index contributed by atoms with van der Waals surface area (Å²) in [6, 6.07) is 7.97. The zero-order valence-electron chi connectivity index (χ0n) is 19.2. The van der Waals surface area contributed by atoms with E-state index in [1.807, 2.05) is 21.7 Å².